The standard InChI is InChI=1S/C13H12N2O2.C3H8/c1-7-4-8-2-3-9(12(14)16)5-10(8)6-11(7)13(15)17;1-3-2/h2-6H,1H3,(H2,14,16)(H2,15,17);3H2,1-2H3. The van der Waals surface area contributed by atoms with Crippen LogP contribution in [0.3, 0.4) is 0 Å². The van der Waals surface area contributed by atoms with E-state index in [0.717, 1.165) is 16.3 Å². The van der Waals surface area contributed by atoms with E-state index in [-0.39, 0.29) is 0 Å². The van der Waals surface area contributed by atoms with Crippen molar-refractivity contribution in [1.29, 1.82) is 0 Å². The maximum absolute atomic E-state index is 11.2. The molecular weight excluding hydrogens is 252 g/mol. The molecule has 4 N–H and O–H groups in total. The molecule has 0 saturated carbocycles. The minimum atomic E-state index is -0.492. The Morgan fingerprint density at radius 2 is 1.55 bits per heavy atom. The van der Waals surface area contributed by atoms with E-state index in [9.17, 15) is 9.59 Å². The first-order valence-electron chi connectivity index (χ1n) is 6.54. The van der Waals surface area contributed by atoms with Gasteiger partial charge in [0.15, 0.2) is 0 Å². The van der Waals surface area contributed by atoms with Crippen LogP contribution in [0.15, 0.2) is 30.3 Å². The van der Waals surface area contributed by atoms with Crippen molar-refractivity contribution in [1.82, 2.24) is 0 Å². The van der Waals surface area contributed by atoms with Crippen LogP contribution in [0.1, 0.15) is 46.5 Å². The van der Waals surface area contributed by atoms with Gasteiger partial charge >= 0.3 is 0 Å². The van der Waals surface area contributed by atoms with Crippen molar-refractivity contribution in [2.24, 2.45) is 11.5 Å². The number of benzene rings is 2. The number of primary amides is 2. The molecule has 4 nitrogen and oxygen atoms in total. The van der Waals surface area contributed by atoms with E-state index in [1.165, 1.54) is 6.42 Å². The van der Waals surface area contributed by atoms with E-state index in [2.05, 4.69) is 13.8 Å². The van der Waals surface area contributed by atoms with Gasteiger partial charge in [0.05, 0.1) is 0 Å². The van der Waals surface area contributed by atoms with Gasteiger partial charge in [-0.05, 0) is 41.5 Å². The highest BCUT2D eigenvalue weighted by Crippen LogP contribution is 2.21. The average molecular weight is 272 g/mol. The van der Waals surface area contributed by atoms with Gasteiger partial charge in [0.25, 0.3) is 0 Å². The number of rotatable bonds is 2. The Kier molecular flexibility index (Phi) is 5.26. The fourth-order valence-corrected chi connectivity index (χ4v) is 1.83. The molecule has 0 bridgehead atoms. The van der Waals surface area contributed by atoms with Gasteiger partial charge in [0.2, 0.25) is 11.8 Å². The second-order valence-electron chi connectivity index (χ2n) is 4.66. The van der Waals surface area contributed by atoms with Crippen LogP contribution in [0.2, 0.25) is 0 Å². The number of nitrogens with two attached hydrogens (primary N) is 2. The Labute approximate surface area is 118 Å². The summed E-state index contributed by atoms with van der Waals surface area (Å²) in [6, 6.07) is 8.66. The van der Waals surface area contributed by atoms with Gasteiger partial charge < -0.3 is 11.5 Å². The van der Waals surface area contributed by atoms with Gasteiger partial charge in [0, 0.05) is 11.1 Å². The zero-order chi connectivity index (χ0) is 15.3. The number of aryl methyl sites for hydroxylation is 1. The Morgan fingerprint density at radius 3 is 2.05 bits per heavy atom. The highest BCUT2D eigenvalue weighted by molar-refractivity contribution is 6.02. The molecule has 106 valence electrons. The van der Waals surface area contributed by atoms with Gasteiger partial charge in [0.1, 0.15) is 0 Å². The third kappa shape index (κ3) is 3.57. The smallest absolute Gasteiger partial charge is 0.248 e. The number of amides is 2. The normalized spacial score (nSPS) is 9.75. The van der Waals surface area contributed by atoms with Gasteiger partial charge in [-0.1, -0.05) is 32.4 Å². The predicted molar refractivity (Wildman–Crippen MR) is 81.7 cm³/mol. The Hall–Kier alpha value is -2.36. The molecule has 0 aromatic heterocycles. The summed E-state index contributed by atoms with van der Waals surface area (Å²) < 4.78 is 0. The molecule has 2 rings (SSSR count). The van der Waals surface area contributed by atoms with E-state index < -0.39 is 11.8 Å². The van der Waals surface area contributed by atoms with Crippen molar-refractivity contribution in [3.05, 3.63) is 47.0 Å². The second-order valence-corrected chi connectivity index (χ2v) is 4.66. The molecule has 0 aliphatic rings. The number of carbonyl (C=O) groups is 2. The zero-order valence-electron chi connectivity index (χ0n) is 12.1. The first-order valence-corrected chi connectivity index (χ1v) is 6.54. The molecule has 2 amide bonds. The molecule has 0 aliphatic carbocycles. The topological polar surface area (TPSA) is 86.2 Å². The fraction of sp³-hybridized carbons (Fsp3) is 0.250. The van der Waals surface area contributed by atoms with Crippen LogP contribution in [0.4, 0.5) is 0 Å². The Balaban J connectivity index is 0.000000612. The molecule has 2 aromatic carbocycles. The first-order chi connectivity index (χ1) is 9.40. The molecule has 0 saturated heterocycles. The van der Waals surface area contributed by atoms with Crippen LogP contribution in [-0.4, -0.2) is 11.8 Å². The van der Waals surface area contributed by atoms with E-state index in [1.807, 2.05) is 13.0 Å². The third-order valence-corrected chi connectivity index (χ3v) is 2.73. The quantitative estimate of drug-likeness (QED) is 0.880. The van der Waals surface area contributed by atoms with Gasteiger partial charge in [-0.15, -0.1) is 0 Å². The molecule has 0 radical (unpaired) electrons. The number of carbonyl (C=O) groups excluding carboxylic acids is 2. The van der Waals surface area contributed by atoms with E-state index in [1.54, 1.807) is 24.3 Å². The van der Waals surface area contributed by atoms with Crippen LogP contribution in [0, 0.1) is 6.92 Å². The summed E-state index contributed by atoms with van der Waals surface area (Å²) in [5.41, 5.74) is 12.2. The summed E-state index contributed by atoms with van der Waals surface area (Å²) in [6.45, 7) is 6.07. The summed E-state index contributed by atoms with van der Waals surface area (Å²) in [5, 5.41) is 1.72. The highest BCUT2D eigenvalue weighted by Gasteiger charge is 2.08. The lowest BCUT2D eigenvalue weighted by Crippen LogP contribution is -2.13. The SMILES string of the molecule is CCC.Cc1cc2ccc(C(N)=O)cc2cc1C(N)=O. The monoisotopic (exact) mass is 272 g/mol. The van der Waals surface area contributed by atoms with Crippen LogP contribution < -0.4 is 11.5 Å². The lowest BCUT2D eigenvalue weighted by atomic mass is 9.99. The minimum absolute atomic E-state index is 0.414. The molecule has 4 heteroatoms. The largest absolute Gasteiger partial charge is 0.366 e. The van der Waals surface area contributed by atoms with E-state index in [0.29, 0.717) is 11.1 Å². The molecule has 20 heavy (non-hydrogen) atoms. The van der Waals surface area contributed by atoms with Crippen LogP contribution >= 0.6 is 0 Å². The predicted octanol–water partition coefficient (Wildman–Crippen LogP) is 2.76. The second kappa shape index (κ2) is 6.70. The van der Waals surface area contributed by atoms with Crippen molar-refractivity contribution in [3.63, 3.8) is 0 Å². The molecule has 0 aliphatic heterocycles. The molecule has 0 unspecified atom stereocenters. The summed E-state index contributed by atoms with van der Waals surface area (Å²) >= 11 is 0. The highest BCUT2D eigenvalue weighted by atomic mass is 16.1. The van der Waals surface area contributed by atoms with Crippen molar-refractivity contribution in [2.45, 2.75) is 27.2 Å². The summed E-state index contributed by atoms with van der Waals surface area (Å²) in [7, 11) is 0. The number of hydrogen-bond acceptors (Lipinski definition) is 2. The van der Waals surface area contributed by atoms with Crippen LogP contribution in [0.25, 0.3) is 10.8 Å². The molecule has 0 heterocycles. The lowest BCUT2D eigenvalue weighted by molar-refractivity contribution is 0.0992. The minimum Gasteiger partial charge on any atom is -0.366 e. The first kappa shape index (κ1) is 15.7. The van der Waals surface area contributed by atoms with Crippen molar-refractivity contribution in [3.8, 4) is 0 Å². The maximum Gasteiger partial charge on any atom is 0.248 e. The van der Waals surface area contributed by atoms with Crippen molar-refractivity contribution in [2.75, 3.05) is 0 Å². The van der Waals surface area contributed by atoms with Gasteiger partial charge in [-0.3, -0.25) is 9.59 Å². The lowest BCUT2D eigenvalue weighted by Gasteiger charge is -2.06. The van der Waals surface area contributed by atoms with Crippen LogP contribution in [0.5, 0.6) is 0 Å². The molecule has 0 fully saturated rings. The zero-order valence-corrected chi connectivity index (χ0v) is 12.1. The van der Waals surface area contributed by atoms with Gasteiger partial charge in [-0.2, -0.15) is 0 Å². The summed E-state index contributed by atoms with van der Waals surface area (Å²) in [5.74, 6) is -0.970. The molecule has 0 spiro atoms. The molecule has 2 aromatic rings. The van der Waals surface area contributed by atoms with Crippen molar-refractivity contribution >= 4 is 22.6 Å². The van der Waals surface area contributed by atoms with E-state index in [4.69, 9.17) is 11.5 Å². The third-order valence-electron chi connectivity index (χ3n) is 2.73. The Bertz CT molecular complexity index is 648. The van der Waals surface area contributed by atoms with Gasteiger partial charge in [-0.25, -0.2) is 0 Å². The summed E-state index contributed by atoms with van der Waals surface area (Å²) in [4.78, 5) is 22.3. The number of fused-ring (bicyclic) bond motifs is 1. The fourth-order valence-electron chi connectivity index (χ4n) is 1.83. The number of hydrogen-bond donors (Lipinski definition) is 2. The van der Waals surface area contributed by atoms with Crippen molar-refractivity contribution < 1.29 is 9.59 Å². The summed E-state index contributed by atoms with van der Waals surface area (Å²) in [6.07, 6.45) is 1.25. The maximum atomic E-state index is 11.2. The Morgan fingerprint density at radius 1 is 0.950 bits per heavy atom. The molecule has 0 atom stereocenters. The molecular formula is C16H20N2O2. The van der Waals surface area contributed by atoms with Crippen LogP contribution in [-0.2, 0) is 0 Å². The average Bonchev–Trinajstić information content (AvgIpc) is 2.37. The van der Waals surface area contributed by atoms with E-state index >= 15 is 0 Å².